The number of hydrogen-bond donors (Lipinski definition) is 0. The topological polar surface area (TPSA) is 54.5 Å². The van der Waals surface area contributed by atoms with Gasteiger partial charge in [0.25, 0.3) is 5.91 Å². The first-order chi connectivity index (χ1) is 10.8. The third-order valence-corrected chi connectivity index (χ3v) is 7.54. The molecule has 0 atom stereocenters. The van der Waals surface area contributed by atoms with Gasteiger partial charge >= 0.3 is 0 Å². The zero-order chi connectivity index (χ0) is 16.8. The summed E-state index contributed by atoms with van der Waals surface area (Å²) in [5, 5.41) is 0.394. The number of benzene rings is 1. The monoisotopic (exact) mass is 375 g/mol. The molecule has 0 N–H and O–H groups in total. The molecule has 0 bridgehead atoms. The van der Waals surface area contributed by atoms with E-state index in [9.17, 15) is 17.6 Å². The second-order valence-corrected chi connectivity index (χ2v) is 9.39. The smallest absolute Gasteiger partial charge is 0.265 e. The van der Waals surface area contributed by atoms with Crippen molar-refractivity contribution in [2.45, 2.75) is 18.9 Å². The highest BCUT2D eigenvalue weighted by atomic mass is 35.5. The first-order valence-electron chi connectivity index (χ1n) is 7.14. The van der Waals surface area contributed by atoms with E-state index in [1.807, 2.05) is 0 Å². The summed E-state index contributed by atoms with van der Waals surface area (Å²) in [5.74, 6) is -0.567. The highest BCUT2D eigenvalue weighted by Crippen LogP contribution is 2.37. The average molecular weight is 376 g/mol. The summed E-state index contributed by atoms with van der Waals surface area (Å²) < 4.78 is 37.5. The Kier molecular flexibility index (Phi) is 4.37. The zero-order valence-corrected chi connectivity index (χ0v) is 14.8. The Balaban J connectivity index is 1.89. The Labute approximate surface area is 142 Å². The molecule has 0 aliphatic carbocycles. The first-order valence-corrected chi connectivity index (χ1v) is 10.2. The van der Waals surface area contributed by atoms with Crippen LogP contribution in [0.5, 0.6) is 0 Å². The van der Waals surface area contributed by atoms with Gasteiger partial charge in [-0.05, 0) is 25.0 Å². The minimum Gasteiger partial charge on any atom is -0.338 e. The molecule has 1 aliphatic rings. The van der Waals surface area contributed by atoms with Gasteiger partial charge in [-0.25, -0.2) is 12.8 Å². The maximum Gasteiger partial charge on any atom is 0.265 e. The molecule has 0 radical (unpaired) electrons. The van der Waals surface area contributed by atoms with Crippen LogP contribution in [0.3, 0.4) is 0 Å². The van der Waals surface area contributed by atoms with Gasteiger partial charge < -0.3 is 4.90 Å². The third kappa shape index (κ3) is 3.09. The molecule has 1 aliphatic heterocycles. The summed E-state index contributed by atoms with van der Waals surface area (Å²) in [7, 11) is -1.34. The fourth-order valence-corrected chi connectivity index (χ4v) is 5.80. The highest BCUT2D eigenvalue weighted by molar-refractivity contribution is 7.91. The van der Waals surface area contributed by atoms with Crippen LogP contribution in [0.4, 0.5) is 4.39 Å². The van der Waals surface area contributed by atoms with Crippen molar-refractivity contribution in [3.05, 3.63) is 33.9 Å². The number of nitrogens with zero attached hydrogens (tertiary/aromatic N) is 1. The summed E-state index contributed by atoms with van der Waals surface area (Å²) in [6.07, 6.45) is 0.836. The lowest BCUT2D eigenvalue weighted by Gasteiger charge is -2.30. The van der Waals surface area contributed by atoms with E-state index in [-0.39, 0.29) is 33.9 Å². The van der Waals surface area contributed by atoms with Crippen molar-refractivity contribution >= 4 is 48.8 Å². The number of amides is 1. The maximum absolute atomic E-state index is 13.9. The van der Waals surface area contributed by atoms with Crippen molar-refractivity contribution in [3.63, 3.8) is 0 Å². The van der Waals surface area contributed by atoms with E-state index >= 15 is 0 Å². The number of fused-ring (bicyclic) bond motifs is 1. The quantitative estimate of drug-likeness (QED) is 0.808. The van der Waals surface area contributed by atoms with E-state index in [1.54, 1.807) is 19.2 Å². The molecule has 1 aromatic heterocycles. The molecule has 2 aromatic rings. The molecular weight excluding hydrogens is 361 g/mol. The van der Waals surface area contributed by atoms with Crippen LogP contribution in [-0.2, 0) is 9.84 Å². The van der Waals surface area contributed by atoms with Gasteiger partial charge in [0.1, 0.15) is 20.5 Å². The third-order valence-electron chi connectivity index (χ3n) is 4.19. The number of sulfone groups is 1. The molecule has 3 rings (SSSR count). The second kappa shape index (κ2) is 6.03. The molecule has 4 nitrogen and oxygen atoms in total. The van der Waals surface area contributed by atoms with Crippen molar-refractivity contribution in [2.24, 2.45) is 0 Å². The van der Waals surface area contributed by atoms with Gasteiger partial charge in [-0.15, -0.1) is 11.3 Å². The van der Waals surface area contributed by atoms with Gasteiger partial charge in [-0.1, -0.05) is 17.7 Å². The summed E-state index contributed by atoms with van der Waals surface area (Å²) in [6.45, 7) is 0. The van der Waals surface area contributed by atoms with Gasteiger partial charge in [0.05, 0.1) is 16.5 Å². The van der Waals surface area contributed by atoms with Crippen molar-refractivity contribution in [2.75, 3.05) is 18.6 Å². The maximum atomic E-state index is 13.9. The van der Waals surface area contributed by atoms with Gasteiger partial charge in [0, 0.05) is 23.2 Å². The van der Waals surface area contributed by atoms with Gasteiger partial charge in [-0.2, -0.15) is 0 Å². The van der Waals surface area contributed by atoms with Crippen molar-refractivity contribution in [1.29, 1.82) is 0 Å². The molecule has 0 unspecified atom stereocenters. The molecule has 2 heterocycles. The standard InChI is InChI=1S/C15H15ClFNO3S2/c1-18(9-5-7-23(20,21)8-6-9)15(19)14-13(16)12-10(17)3-2-4-11(12)22-14/h2-4,9H,5-8H2,1H3. The van der Waals surface area contributed by atoms with E-state index in [2.05, 4.69) is 0 Å². The molecule has 1 aromatic carbocycles. The Morgan fingerprint density at radius 3 is 2.61 bits per heavy atom. The first kappa shape index (κ1) is 16.7. The predicted octanol–water partition coefficient (Wildman–Crippen LogP) is 3.34. The van der Waals surface area contributed by atoms with E-state index < -0.39 is 15.7 Å². The van der Waals surface area contributed by atoms with Crippen LogP contribution in [-0.4, -0.2) is 43.8 Å². The SMILES string of the molecule is CN(C(=O)c1sc2cccc(F)c2c1Cl)C1CCS(=O)(=O)CC1. The fraction of sp³-hybridized carbons (Fsp3) is 0.400. The number of carbonyl (C=O) groups excluding carboxylic acids is 1. The molecule has 124 valence electrons. The molecule has 1 amide bonds. The summed E-state index contributed by atoms with van der Waals surface area (Å²) >= 11 is 7.37. The number of carbonyl (C=O) groups is 1. The Morgan fingerprint density at radius 1 is 1.35 bits per heavy atom. The second-order valence-electron chi connectivity index (χ2n) is 5.66. The van der Waals surface area contributed by atoms with Crippen LogP contribution in [0.25, 0.3) is 10.1 Å². The van der Waals surface area contributed by atoms with Crippen molar-refractivity contribution in [1.82, 2.24) is 4.90 Å². The lowest BCUT2D eigenvalue weighted by molar-refractivity contribution is 0.0727. The number of halogens is 2. The van der Waals surface area contributed by atoms with Crippen LogP contribution >= 0.6 is 22.9 Å². The lowest BCUT2D eigenvalue weighted by atomic mass is 10.1. The summed E-state index contributed by atoms with van der Waals surface area (Å²) in [4.78, 5) is 14.5. The minimum absolute atomic E-state index is 0.0874. The molecule has 0 spiro atoms. The Morgan fingerprint density at radius 2 is 2.00 bits per heavy atom. The van der Waals surface area contributed by atoms with Crippen LogP contribution in [0.15, 0.2) is 18.2 Å². The van der Waals surface area contributed by atoms with Gasteiger partial charge in [0.15, 0.2) is 0 Å². The number of rotatable bonds is 2. The molecule has 23 heavy (non-hydrogen) atoms. The summed E-state index contributed by atoms with van der Waals surface area (Å²) in [6, 6.07) is 4.47. The number of thiophene rings is 1. The largest absolute Gasteiger partial charge is 0.338 e. The van der Waals surface area contributed by atoms with E-state index in [0.29, 0.717) is 22.4 Å². The van der Waals surface area contributed by atoms with Crippen LogP contribution in [0, 0.1) is 5.82 Å². The van der Waals surface area contributed by atoms with Gasteiger partial charge in [-0.3, -0.25) is 4.79 Å². The number of hydrogen-bond acceptors (Lipinski definition) is 4. The Hall–Kier alpha value is -1.18. The van der Waals surface area contributed by atoms with E-state index in [1.165, 1.54) is 11.0 Å². The van der Waals surface area contributed by atoms with E-state index in [4.69, 9.17) is 11.6 Å². The average Bonchev–Trinajstić information content (AvgIpc) is 2.84. The predicted molar refractivity (Wildman–Crippen MR) is 90.6 cm³/mol. The fourth-order valence-electron chi connectivity index (χ4n) is 2.80. The van der Waals surface area contributed by atoms with Gasteiger partial charge in [0.2, 0.25) is 0 Å². The van der Waals surface area contributed by atoms with Crippen LogP contribution < -0.4 is 0 Å². The zero-order valence-electron chi connectivity index (χ0n) is 12.4. The molecular formula is C15H15ClFNO3S2. The Bertz CT molecular complexity index is 864. The lowest BCUT2D eigenvalue weighted by Crippen LogP contribution is -2.42. The van der Waals surface area contributed by atoms with Crippen molar-refractivity contribution in [3.8, 4) is 0 Å². The van der Waals surface area contributed by atoms with Crippen molar-refractivity contribution < 1.29 is 17.6 Å². The van der Waals surface area contributed by atoms with Crippen LogP contribution in [0.1, 0.15) is 22.5 Å². The molecule has 8 heteroatoms. The minimum atomic E-state index is -2.98. The highest BCUT2D eigenvalue weighted by Gasteiger charge is 2.31. The molecule has 1 saturated heterocycles. The normalized spacial score (nSPS) is 18.2. The van der Waals surface area contributed by atoms with E-state index in [0.717, 1.165) is 11.3 Å². The van der Waals surface area contributed by atoms with Crippen LogP contribution in [0.2, 0.25) is 5.02 Å². The molecule has 1 fully saturated rings. The molecule has 0 saturated carbocycles. The summed E-state index contributed by atoms with van der Waals surface area (Å²) in [5.41, 5.74) is 0.